The summed E-state index contributed by atoms with van der Waals surface area (Å²) in [5, 5.41) is 3.89. The number of carbonyl (C=O) groups excluding carboxylic acids is 1. The lowest BCUT2D eigenvalue weighted by Gasteiger charge is -2.01. The molecule has 116 valence electrons. The minimum atomic E-state index is -0.466. The van der Waals surface area contributed by atoms with Crippen molar-refractivity contribution < 1.29 is 9.21 Å². The predicted octanol–water partition coefficient (Wildman–Crippen LogP) is 2.13. The lowest BCUT2D eigenvalue weighted by atomic mass is 10.2. The Bertz CT molecular complexity index is 894. The quantitative estimate of drug-likeness (QED) is 0.579. The van der Waals surface area contributed by atoms with Gasteiger partial charge in [0.05, 0.1) is 11.7 Å². The number of amides is 1. The maximum Gasteiger partial charge on any atom is 0.419 e. The zero-order valence-electron chi connectivity index (χ0n) is 12.3. The topological polar surface area (TPSA) is 76.6 Å². The van der Waals surface area contributed by atoms with Crippen LogP contribution in [0.4, 0.5) is 0 Å². The number of nitrogens with zero attached hydrogens (tertiary/aromatic N) is 2. The number of carbonyl (C=O) groups is 1. The van der Waals surface area contributed by atoms with Crippen molar-refractivity contribution in [2.75, 3.05) is 0 Å². The molecule has 3 rings (SSSR count). The molecule has 6 heteroatoms. The summed E-state index contributed by atoms with van der Waals surface area (Å²) in [5.41, 5.74) is 4.53. The normalized spacial score (nSPS) is 11.1. The molecule has 0 spiro atoms. The third kappa shape index (κ3) is 3.55. The third-order valence-corrected chi connectivity index (χ3v) is 3.34. The van der Waals surface area contributed by atoms with E-state index in [2.05, 4.69) is 10.5 Å². The molecule has 3 aromatic rings. The molecule has 0 aliphatic rings. The molecule has 0 saturated carbocycles. The van der Waals surface area contributed by atoms with E-state index in [1.807, 2.05) is 36.4 Å². The number of oxazole rings is 1. The summed E-state index contributed by atoms with van der Waals surface area (Å²) in [4.78, 5) is 23.6. The largest absolute Gasteiger partial charge is 0.419 e. The van der Waals surface area contributed by atoms with Crippen molar-refractivity contribution in [2.24, 2.45) is 5.10 Å². The van der Waals surface area contributed by atoms with E-state index in [0.29, 0.717) is 11.1 Å². The zero-order valence-corrected chi connectivity index (χ0v) is 12.3. The van der Waals surface area contributed by atoms with E-state index in [0.717, 1.165) is 5.56 Å². The fourth-order valence-electron chi connectivity index (χ4n) is 2.21. The highest BCUT2D eigenvalue weighted by molar-refractivity contribution is 5.82. The van der Waals surface area contributed by atoms with Gasteiger partial charge < -0.3 is 4.42 Å². The van der Waals surface area contributed by atoms with Crippen LogP contribution in [-0.4, -0.2) is 16.7 Å². The monoisotopic (exact) mass is 309 g/mol. The number of fused-ring (bicyclic) bond motifs is 1. The van der Waals surface area contributed by atoms with Crippen LogP contribution in [0.2, 0.25) is 0 Å². The highest BCUT2D eigenvalue weighted by Crippen LogP contribution is 2.11. The lowest BCUT2D eigenvalue weighted by Crippen LogP contribution is -2.22. The van der Waals surface area contributed by atoms with Gasteiger partial charge in [-0.1, -0.05) is 42.5 Å². The van der Waals surface area contributed by atoms with Crippen molar-refractivity contribution in [3.8, 4) is 0 Å². The fourth-order valence-corrected chi connectivity index (χ4v) is 2.21. The summed E-state index contributed by atoms with van der Waals surface area (Å²) in [7, 11) is 0. The van der Waals surface area contributed by atoms with Crippen molar-refractivity contribution in [2.45, 2.75) is 13.0 Å². The van der Waals surface area contributed by atoms with Gasteiger partial charge in [-0.15, -0.1) is 0 Å². The van der Waals surface area contributed by atoms with E-state index in [9.17, 15) is 9.59 Å². The average Bonchev–Trinajstić information content (AvgIpc) is 2.89. The molecule has 2 aromatic carbocycles. The Balaban J connectivity index is 1.59. The highest BCUT2D eigenvalue weighted by Gasteiger charge is 2.09. The van der Waals surface area contributed by atoms with Crippen LogP contribution in [-0.2, 0) is 11.3 Å². The van der Waals surface area contributed by atoms with Gasteiger partial charge in [-0.05, 0) is 17.7 Å². The summed E-state index contributed by atoms with van der Waals surface area (Å²) in [6.45, 7) is 0.239. The maximum atomic E-state index is 11.8. The standard InChI is InChI=1S/C17H15N3O3/c21-16(19-18-12-13-6-2-1-3-7-13)10-11-20-14-8-4-5-9-15(14)23-17(20)22/h1-9,12H,10-11H2,(H,19,21)/b18-12-. The van der Waals surface area contributed by atoms with Gasteiger partial charge in [0.2, 0.25) is 5.91 Å². The molecular weight excluding hydrogens is 294 g/mol. The second-order valence-electron chi connectivity index (χ2n) is 4.94. The number of hydrazone groups is 1. The minimum absolute atomic E-state index is 0.134. The molecule has 1 aromatic heterocycles. The molecule has 0 bridgehead atoms. The van der Waals surface area contributed by atoms with Gasteiger partial charge in [-0.25, -0.2) is 10.2 Å². The number of aryl methyl sites for hydroxylation is 1. The van der Waals surface area contributed by atoms with E-state index < -0.39 is 5.76 Å². The molecule has 0 unspecified atom stereocenters. The summed E-state index contributed by atoms with van der Waals surface area (Å²) in [6, 6.07) is 16.6. The van der Waals surface area contributed by atoms with Crippen molar-refractivity contribution in [3.63, 3.8) is 0 Å². The number of hydrogen-bond acceptors (Lipinski definition) is 4. The fraction of sp³-hybridized carbons (Fsp3) is 0.118. The molecule has 1 heterocycles. The maximum absolute atomic E-state index is 11.8. The van der Waals surface area contributed by atoms with Gasteiger partial charge in [0.1, 0.15) is 0 Å². The predicted molar refractivity (Wildman–Crippen MR) is 87.3 cm³/mol. The molecule has 0 saturated heterocycles. The molecule has 0 radical (unpaired) electrons. The number of nitrogens with one attached hydrogen (secondary N) is 1. The minimum Gasteiger partial charge on any atom is -0.408 e. The molecular formula is C17H15N3O3. The molecule has 23 heavy (non-hydrogen) atoms. The van der Waals surface area contributed by atoms with E-state index in [1.165, 1.54) is 4.57 Å². The smallest absolute Gasteiger partial charge is 0.408 e. The van der Waals surface area contributed by atoms with E-state index in [1.54, 1.807) is 24.4 Å². The molecule has 0 atom stereocenters. The summed E-state index contributed by atoms with van der Waals surface area (Å²) in [6.07, 6.45) is 1.70. The molecule has 0 aliphatic carbocycles. The first-order chi connectivity index (χ1) is 11.2. The van der Waals surface area contributed by atoms with Crippen LogP contribution in [0.15, 0.2) is 68.9 Å². The van der Waals surface area contributed by atoms with Crippen molar-refractivity contribution in [1.82, 2.24) is 9.99 Å². The van der Waals surface area contributed by atoms with E-state index in [4.69, 9.17) is 4.42 Å². The Hall–Kier alpha value is -3.15. The van der Waals surface area contributed by atoms with Crippen LogP contribution >= 0.6 is 0 Å². The molecule has 0 aliphatic heterocycles. The molecule has 1 N–H and O–H groups in total. The molecule has 1 amide bonds. The van der Waals surface area contributed by atoms with Gasteiger partial charge in [0, 0.05) is 13.0 Å². The third-order valence-electron chi connectivity index (χ3n) is 3.34. The number of benzene rings is 2. The first-order valence-electron chi connectivity index (χ1n) is 7.19. The Kier molecular flexibility index (Phi) is 4.33. The summed E-state index contributed by atoms with van der Waals surface area (Å²) in [5.74, 6) is -0.735. The van der Waals surface area contributed by atoms with Crippen LogP contribution < -0.4 is 11.2 Å². The highest BCUT2D eigenvalue weighted by atomic mass is 16.4. The Morgan fingerprint density at radius 2 is 1.87 bits per heavy atom. The SMILES string of the molecule is O=C(CCn1c(=O)oc2ccccc21)N/N=C\c1ccccc1. The number of aromatic nitrogens is 1. The van der Waals surface area contributed by atoms with Crippen LogP contribution in [0.25, 0.3) is 11.1 Å². The summed E-state index contributed by atoms with van der Waals surface area (Å²) < 4.78 is 6.56. The first-order valence-corrected chi connectivity index (χ1v) is 7.19. The van der Waals surface area contributed by atoms with Crippen molar-refractivity contribution in [1.29, 1.82) is 0 Å². The molecule has 0 fully saturated rings. The van der Waals surface area contributed by atoms with Crippen molar-refractivity contribution in [3.05, 3.63) is 70.7 Å². The van der Waals surface area contributed by atoms with Crippen LogP contribution in [0.3, 0.4) is 0 Å². The van der Waals surface area contributed by atoms with Gasteiger partial charge >= 0.3 is 5.76 Å². The van der Waals surface area contributed by atoms with Crippen LogP contribution in [0.1, 0.15) is 12.0 Å². The van der Waals surface area contributed by atoms with Gasteiger partial charge in [-0.2, -0.15) is 5.10 Å². The van der Waals surface area contributed by atoms with E-state index >= 15 is 0 Å². The zero-order chi connectivity index (χ0) is 16.1. The Morgan fingerprint density at radius 1 is 1.13 bits per heavy atom. The molecule has 6 nitrogen and oxygen atoms in total. The van der Waals surface area contributed by atoms with Crippen molar-refractivity contribution >= 4 is 23.2 Å². The first kappa shape index (κ1) is 14.8. The number of hydrogen-bond donors (Lipinski definition) is 1. The summed E-state index contributed by atoms with van der Waals surface area (Å²) >= 11 is 0. The van der Waals surface area contributed by atoms with Gasteiger partial charge in [-0.3, -0.25) is 9.36 Å². The second kappa shape index (κ2) is 6.74. The lowest BCUT2D eigenvalue weighted by molar-refractivity contribution is -0.121. The number of rotatable bonds is 5. The number of para-hydroxylation sites is 2. The van der Waals surface area contributed by atoms with Crippen LogP contribution in [0.5, 0.6) is 0 Å². The average molecular weight is 309 g/mol. The Labute approximate surface area is 132 Å². The Morgan fingerprint density at radius 3 is 2.70 bits per heavy atom. The second-order valence-corrected chi connectivity index (χ2v) is 4.94. The van der Waals surface area contributed by atoms with E-state index in [-0.39, 0.29) is 18.9 Å². The van der Waals surface area contributed by atoms with Gasteiger partial charge in [0.25, 0.3) is 0 Å². The van der Waals surface area contributed by atoms with Crippen LogP contribution in [0, 0.1) is 0 Å². The van der Waals surface area contributed by atoms with Gasteiger partial charge in [0.15, 0.2) is 5.58 Å².